The Balaban J connectivity index is 1.55. The molecule has 2 aromatic carbocycles. The lowest BCUT2D eigenvalue weighted by atomic mass is 10.2. The number of anilines is 1. The van der Waals surface area contributed by atoms with Gasteiger partial charge in [-0.05, 0) is 48.9 Å². The Morgan fingerprint density at radius 1 is 1.09 bits per heavy atom. The van der Waals surface area contributed by atoms with Gasteiger partial charge in [0, 0.05) is 31.9 Å². The maximum absolute atomic E-state index is 12.9. The van der Waals surface area contributed by atoms with Crippen LogP contribution in [0.5, 0.6) is 11.6 Å². The fourth-order valence-corrected chi connectivity index (χ4v) is 4.42. The van der Waals surface area contributed by atoms with Gasteiger partial charge < -0.3 is 15.0 Å². The van der Waals surface area contributed by atoms with Gasteiger partial charge in [0.15, 0.2) is 0 Å². The van der Waals surface area contributed by atoms with Crippen LogP contribution in [0.2, 0.25) is 0 Å². The number of hydrogen-bond donors (Lipinski definition) is 1. The summed E-state index contributed by atoms with van der Waals surface area (Å²) in [6, 6.07) is 18.2. The Kier molecular flexibility index (Phi) is 6.18. The average Bonchev–Trinajstić information content (AvgIpc) is 3.18. The third-order valence-electron chi connectivity index (χ3n) is 4.92. The molecule has 3 aromatic rings. The standard InChI is InChI=1S/C23H22N4O4S/c1-27-15-7-13-21(27)26-32(29,30)19-11-5-8-17(16-19)25-22(28)20-12-6-14-24-23(20)31-18-9-3-2-4-10-18/h2-6,8-12,14,16H,7,13,15H2,1H3,(H,25,28)/b26-21+. The lowest BCUT2D eigenvalue weighted by molar-refractivity contribution is 0.102. The summed E-state index contributed by atoms with van der Waals surface area (Å²) in [6.07, 6.45) is 3.03. The van der Waals surface area contributed by atoms with Crippen molar-refractivity contribution in [2.45, 2.75) is 17.7 Å². The number of benzene rings is 2. The number of hydrogen-bond acceptors (Lipinski definition) is 5. The van der Waals surface area contributed by atoms with Gasteiger partial charge in [0.2, 0.25) is 5.88 Å². The van der Waals surface area contributed by atoms with Crippen LogP contribution in [0.4, 0.5) is 5.69 Å². The summed E-state index contributed by atoms with van der Waals surface area (Å²) in [5, 5.41) is 2.72. The van der Waals surface area contributed by atoms with Crippen LogP contribution in [-0.4, -0.2) is 43.6 Å². The Morgan fingerprint density at radius 2 is 1.91 bits per heavy atom. The van der Waals surface area contributed by atoms with Gasteiger partial charge in [-0.25, -0.2) is 4.98 Å². The molecule has 0 aliphatic carbocycles. The summed E-state index contributed by atoms with van der Waals surface area (Å²) in [5.74, 6) is 0.762. The normalized spacial score (nSPS) is 15.0. The minimum absolute atomic E-state index is 0.00930. The number of nitrogens with zero attached hydrogens (tertiary/aromatic N) is 3. The van der Waals surface area contributed by atoms with Gasteiger partial charge in [-0.1, -0.05) is 24.3 Å². The fraction of sp³-hybridized carbons (Fsp3) is 0.174. The van der Waals surface area contributed by atoms with Crippen molar-refractivity contribution < 1.29 is 17.9 Å². The average molecular weight is 451 g/mol. The van der Waals surface area contributed by atoms with E-state index < -0.39 is 15.9 Å². The summed E-state index contributed by atoms with van der Waals surface area (Å²) in [6.45, 7) is 0.781. The molecule has 4 rings (SSSR count). The van der Waals surface area contributed by atoms with Crippen molar-refractivity contribution in [3.8, 4) is 11.6 Å². The van der Waals surface area contributed by atoms with Crippen LogP contribution in [0, 0.1) is 0 Å². The van der Waals surface area contributed by atoms with E-state index in [1.807, 2.05) is 30.1 Å². The Hall–Kier alpha value is -3.72. The number of amidine groups is 1. The molecule has 1 fully saturated rings. The van der Waals surface area contributed by atoms with Crippen molar-refractivity contribution in [2.75, 3.05) is 18.9 Å². The zero-order chi connectivity index (χ0) is 22.6. The molecular formula is C23H22N4O4S. The number of pyridine rings is 1. The smallest absolute Gasteiger partial charge is 0.284 e. The van der Waals surface area contributed by atoms with Gasteiger partial charge in [0.25, 0.3) is 15.9 Å². The van der Waals surface area contributed by atoms with E-state index in [0.29, 0.717) is 23.7 Å². The molecule has 1 N–H and O–H groups in total. The summed E-state index contributed by atoms with van der Waals surface area (Å²) < 4.78 is 35.2. The first-order valence-electron chi connectivity index (χ1n) is 10.1. The molecule has 8 nitrogen and oxygen atoms in total. The van der Waals surface area contributed by atoms with E-state index in [0.717, 1.165) is 13.0 Å². The van der Waals surface area contributed by atoms with Gasteiger partial charge in [0.05, 0.1) is 4.90 Å². The molecule has 164 valence electrons. The van der Waals surface area contributed by atoms with E-state index in [9.17, 15) is 13.2 Å². The maximum atomic E-state index is 12.9. The molecule has 1 aromatic heterocycles. The molecule has 0 bridgehead atoms. The number of carbonyl (C=O) groups is 1. The number of para-hydroxylation sites is 1. The van der Waals surface area contributed by atoms with Crippen LogP contribution in [0.3, 0.4) is 0 Å². The summed E-state index contributed by atoms with van der Waals surface area (Å²) >= 11 is 0. The van der Waals surface area contributed by atoms with Crippen LogP contribution < -0.4 is 10.1 Å². The molecule has 32 heavy (non-hydrogen) atoms. The van der Waals surface area contributed by atoms with E-state index in [4.69, 9.17) is 4.74 Å². The number of carbonyl (C=O) groups excluding carboxylic acids is 1. The molecule has 1 saturated heterocycles. The molecule has 1 aliphatic rings. The second-order valence-corrected chi connectivity index (χ2v) is 8.86. The molecule has 9 heteroatoms. The van der Waals surface area contributed by atoms with Gasteiger partial charge in [-0.15, -0.1) is 4.40 Å². The predicted octanol–water partition coefficient (Wildman–Crippen LogP) is 3.94. The highest BCUT2D eigenvalue weighted by Gasteiger charge is 2.21. The maximum Gasteiger partial charge on any atom is 0.284 e. The molecule has 1 aliphatic heterocycles. The van der Waals surface area contributed by atoms with Gasteiger partial charge in [-0.3, -0.25) is 4.79 Å². The first-order chi connectivity index (χ1) is 15.4. The van der Waals surface area contributed by atoms with Gasteiger partial charge in [-0.2, -0.15) is 8.42 Å². The van der Waals surface area contributed by atoms with Gasteiger partial charge in [0.1, 0.15) is 17.1 Å². The van der Waals surface area contributed by atoms with Crippen molar-refractivity contribution in [1.82, 2.24) is 9.88 Å². The highest BCUT2D eigenvalue weighted by Crippen LogP contribution is 2.25. The van der Waals surface area contributed by atoms with Crippen LogP contribution >= 0.6 is 0 Å². The van der Waals surface area contributed by atoms with E-state index >= 15 is 0 Å². The monoisotopic (exact) mass is 450 g/mol. The van der Waals surface area contributed by atoms with E-state index in [-0.39, 0.29) is 16.3 Å². The number of ether oxygens (including phenoxy) is 1. The number of amides is 1. The molecule has 2 heterocycles. The number of nitrogens with one attached hydrogen (secondary N) is 1. The molecule has 0 saturated carbocycles. The lowest BCUT2D eigenvalue weighted by Gasteiger charge is -2.12. The molecule has 0 radical (unpaired) electrons. The first-order valence-corrected chi connectivity index (χ1v) is 11.5. The van der Waals surface area contributed by atoms with E-state index in [1.165, 1.54) is 18.3 Å². The molecule has 1 amide bonds. The minimum Gasteiger partial charge on any atom is -0.438 e. The first kappa shape index (κ1) is 21.5. The van der Waals surface area contributed by atoms with Crippen molar-refractivity contribution in [1.29, 1.82) is 0 Å². The number of rotatable bonds is 6. The second-order valence-electron chi connectivity index (χ2n) is 7.26. The van der Waals surface area contributed by atoms with E-state index in [2.05, 4.69) is 14.7 Å². The molecule has 0 atom stereocenters. The third-order valence-corrected chi connectivity index (χ3v) is 6.22. The van der Waals surface area contributed by atoms with Crippen molar-refractivity contribution in [3.05, 3.63) is 78.5 Å². The third kappa shape index (κ3) is 4.94. The highest BCUT2D eigenvalue weighted by molar-refractivity contribution is 7.90. The summed E-state index contributed by atoms with van der Waals surface area (Å²) in [7, 11) is -2.07. The largest absolute Gasteiger partial charge is 0.438 e. The molecular weight excluding hydrogens is 428 g/mol. The molecule has 0 spiro atoms. The minimum atomic E-state index is -3.89. The predicted molar refractivity (Wildman–Crippen MR) is 122 cm³/mol. The van der Waals surface area contributed by atoms with E-state index in [1.54, 1.807) is 36.4 Å². The number of likely N-dealkylation sites (tertiary alicyclic amines) is 1. The van der Waals surface area contributed by atoms with Crippen LogP contribution in [-0.2, 0) is 10.0 Å². The zero-order valence-corrected chi connectivity index (χ0v) is 18.2. The van der Waals surface area contributed by atoms with Crippen LogP contribution in [0.1, 0.15) is 23.2 Å². The van der Waals surface area contributed by atoms with Crippen molar-refractivity contribution in [3.63, 3.8) is 0 Å². The van der Waals surface area contributed by atoms with Crippen LogP contribution in [0.25, 0.3) is 0 Å². The van der Waals surface area contributed by atoms with Crippen molar-refractivity contribution >= 4 is 27.5 Å². The summed E-state index contributed by atoms with van der Waals surface area (Å²) in [4.78, 5) is 18.9. The van der Waals surface area contributed by atoms with Crippen LogP contribution in [0.15, 0.2) is 82.2 Å². The topological polar surface area (TPSA) is 101 Å². The zero-order valence-electron chi connectivity index (χ0n) is 17.4. The highest BCUT2D eigenvalue weighted by atomic mass is 32.2. The lowest BCUT2D eigenvalue weighted by Crippen LogP contribution is -2.20. The Bertz CT molecular complexity index is 1260. The Morgan fingerprint density at radius 3 is 2.66 bits per heavy atom. The Labute approximate surface area is 186 Å². The number of sulfonamides is 1. The fourth-order valence-electron chi connectivity index (χ4n) is 3.28. The number of aromatic nitrogens is 1. The SMILES string of the molecule is CN1CCC/C1=N\S(=O)(=O)c1cccc(NC(=O)c2cccnc2Oc2ccccc2)c1. The van der Waals surface area contributed by atoms with Gasteiger partial charge >= 0.3 is 0 Å². The summed E-state index contributed by atoms with van der Waals surface area (Å²) in [5.41, 5.74) is 0.544. The van der Waals surface area contributed by atoms with Crippen molar-refractivity contribution in [2.24, 2.45) is 4.40 Å². The second kappa shape index (κ2) is 9.19. The quantitative estimate of drug-likeness (QED) is 0.611. The molecule has 0 unspecified atom stereocenters.